The summed E-state index contributed by atoms with van der Waals surface area (Å²) in [5.41, 5.74) is 1.07. The lowest BCUT2D eigenvalue weighted by molar-refractivity contribution is -0.151. The molecular formula is C14H21NO5. The van der Waals surface area contributed by atoms with Gasteiger partial charge < -0.3 is 14.4 Å². The van der Waals surface area contributed by atoms with Gasteiger partial charge in [-0.2, -0.15) is 0 Å². The highest BCUT2D eigenvalue weighted by Gasteiger charge is 2.22. The third kappa shape index (κ3) is 5.42. The molecule has 0 saturated heterocycles. The maximum absolute atomic E-state index is 12.2. The molecule has 0 aromatic carbocycles. The van der Waals surface area contributed by atoms with E-state index in [1.165, 1.54) is 19.1 Å². The highest BCUT2D eigenvalue weighted by molar-refractivity contribution is 5.87. The lowest BCUT2D eigenvalue weighted by Gasteiger charge is -2.21. The fraction of sp³-hybridized carbons (Fsp3) is 0.643. The number of allylic oxidation sites excluding steroid dienone is 1. The predicted molar refractivity (Wildman–Crippen MR) is 71.8 cm³/mol. The maximum atomic E-state index is 12.2. The van der Waals surface area contributed by atoms with Gasteiger partial charge in [-0.3, -0.25) is 14.4 Å². The van der Waals surface area contributed by atoms with Gasteiger partial charge in [0.05, 0.1) is 14.2 Å². The monoisotopic (exact) mass is 283 g/mol. The molecular weight excluding hydrogens is 262 g/mol. The molecule has 0 bridgehead atoms. The van der Waals surface area contributed by atoms with E-state index in [0.717, 1.165) is 31.3 Å². The molecule has 0 aromatic heterocycles. The van der Waals surface area contributed by atoms with Crippen molar-refractivity contribution in [2.24, 2.45) is 0 Å². The molecule has 1 aliphatic rings. The normalized spacial score (nSPS) is 14.2. The number of nitrogens with zero attached hydrogens (tertiary/aromatic N) is 1. The van der Waals surface area contributed by atoms with E-state index in [-0.39, 0.29) is 25.4 Å². The summed E-state index contributed by atoms with van der Waals surface area (Å²) in [6, 6.07) is 0. The van der Waals surface area contributed by atoms with Gasteiger partial charge in [0.2, 0.25) is 5.91 Å². The third-order valence-corrected chi connectivity index (χ3v) is 3.21. The summed E-state index contributed by atoms with van der Waals surface area (Å²) in [6.45, 7) is -0.477. The maximum Gasteiger partial charge on any atom is 0.325 e. The minimum absolute atomic E-state index is 0.238. The number of hydrogen-bond donors (Lipinski definition) is 0. The van der Waals surface area contributed by atoms with E-state index in [9.17, 15) is 14.4 Å². The lowest BCUT2D eigenvalue weighted by atomic mass is 9.97. The molecule has 6 heteroatoms. The number of ether oxygens (including phenoxy) is 2. The zero-order valence-electron chi connectivity index (χ0n) is 12.0. The van der Waals surface area contributed by atoms with Crippen molar-refractivity contribution >= 4 is 17.8 Å². The number of methoxy groups -OCH3 is 2. The van der Waals surface area contributed by atoms with Crippen LogP contribution < -0.4 is 0 Å². The molecule has 0 N–H and O–H groups in total. The van der Waals surface area contributed by atoms with Crippen molar-refractivity contribution in [3.8, 4) is 0 Å². The second-order valence-corrected chi connectivity index (χ2v) is 4.69. The molecule has 0 unspecified atom stereocenters. The first kappa shape index (κ1) is 16.2. The van der Waals surface area contributed by atoms with Crippen molar-refractivity contribution in [3.05, 3.63) is 11.6 Å². The van der Waals surface area contributed by atoms with Gasteiger partial charge in [0.15, 0.2) is 0 Å². The zero-order valence-corrected chi connectivity index (χ0v) is 12.0. The second-order valence-electron chi connectivity index (χ2n) is 4.69. The molecule has 0 saturated carbocycles. The zero-order chi connectivity index (χ0) is 15.0. The number of carbonyl (C=O) groups is 3. The van der Waals surface area contributed by atoms with Crippen molar-refractivity contribution in [2.45, 2.75) is 32.1 Å². The first-order valence-corrected chi connectivity index (χ1v) is 6.66. The van der Waals surface area contributed by atoms with Gasteiger partial charge in [-0.05, 0) is 25.7 Å². The Kier molecular flexibility index (Phi) is 6.76. The van der Waals surface area contributed by atoms with Gasteiger partial charge in [0.1, 0.15) is 13.1 Å². The van der Waals surface area contributed by atoms with Crippen LogP contribution in [-0.2, 0) is 23.9 Å². The fourth-order valence-electron chi connectivity index (χ4n) is 2.04. The van der Waals surface area contributed by atoms with E-state index in [4.69, 9.17) is 0 Å². The van der Waals surface area contributed by atoms with Gasteiger partial charge >= 0.3 is 11.9 Å². The summed E-state index contributed by atoms with van der Waals surface area (Å²) in [4.78, 5) is 36.0. The van der Waals surface area contributed by atoms with E-state index in [1.54, 1.807) is 0 Å². The van der Waals surface area contributed by atoms with E-state index >= 15 is 0 Å². The van der Waals surface area contributed by atoms with Gasteiger partial charge in [0.25, 0.3) is 0 Å². The number of hydrogen-bond acceptors (Lipinski definition) is 5. The number of esters is 2. The minimum atomic E-state index is -0.556. The molecule has 0 spiro atoms. The van der Waals surface area contributed by atoms with Crippen LogP contribution in [0, 0.1) is 0 Å². The van der Waals surface area contributed by atoms with E-state index in [0.29, 0.717) is 0 Å². The average molecular weight is 283 g/mol. The van der Waals surface area contributed by atoms with Crippen LogP contribution in [0.2, 0.25) is 0 Å². The quantitative estimate of drug-likeness (QED) is 0.538. The van der Waals surface area contributed by atoms with Crippen molar-refractivity contribution in [1.82, 2.24) is 4.90 Å². The molecule has 20 heavy (non-hydrogen) atoms. The molecule has 1 amide bonds. The molecule has 1 rings (SSSR count). The summed E-state index contributed by atoms with van der Waals surface area (Å²) in [6.07, 6.45) is 6.41. The SMILES string of the molecule is COC(=O)CN(CC(=O)OC)C(=O)CC1=CCCCC1. The van der Waals surface area contributed by atoms with Crippen LogP contribution in [0.4, 0.5) is 0 Å². The van der Waals surface area contributed by atoms with Crippen LogP contribution in [-0.4, -0.2) is 50.1 Å². The van der Waals surface area contributed by atoms with Crippen LogP contribution in [0.3, 0.4) is 0 Å². The molecule has 0 aromatic rings. The van der Waals surface area contributed by atoms with Crippen molar-refractivity contribution in [1.29, 1.82) is 0 Å². The van der Waals surface area contributed by atoms with Crippen LogP contribution >= 0.6 is 0 Å². The predicted octanol–water partition coefficient (Wildman–Crippen LogP) is 1.05. The Morgan fingerprint density at radius 2 is 1.70 bits per heavy atom. The van der Waals surface area contributed by atoms with Gasteiger partial charge in [0, 0.05) is 6.42 Å². The van der Waals surface area contributed by atoms with Crippen molar-refractivity contribution < 1.29 is 23.9 Å². The Bertz CT molecular complexity index is 384. The van der Waals surface area contributed by atoms with Crippen LogP contribution in [0.15, 0.2) is 11.6 Å². The summed E-state index contributed by atoms with van der Waals surface area (Å²) >= 11 is 0. The molecule has 0 radical (unpaired) electrons. The van der Waals surface area contributed by atoms with E-state index in [1.807, 2.05) is 0 Å². The third-order valence-electron chi connectivity index (χ3n) is 3.21. The topological polar surface area (TPSA) is 72.9 Å². The van der Waals surface area contributed by atoms with Crippen molar-refractivity contribution in [2.75, 3.05) is 27.3 Å². The summed E-state index contributed by atoms with van der Waals surface area (Å²) in [5.74, 6) is -1.37. The number of rotatable bonds is 6. The minimum Gasteiger partial charge on any atom is -0.468 e. The largest absolute Gasteiger partial charge is 0.468 e. The summed E-state index contributed by atoms with van der Waals surface area (Å²) in [7, 11) is 2.49. The molecule has 0 fully saturated rings. The molecule has 0 aliphatic heterocycles. The van der Waals surface area contributed by atoms with Crippen LogP contribution in [0.1, 0.15) is 32.1 Å². The molecule has 1 aliphatic carbocycles. The molecule has 6 nitrogen and oxygen atoms in total. The van der Waals surface area contributed by atoms with Crippen molar-refractivity contribution in [3.63, 3.8) is 0 Å². The highest BCUT2D eigenvalue weighted by Crippen LogP contribution is 2.20. The molecule has 0 atom stereocenters. The smallest absolute Gasteiger partial charge is 0.325 e. The Morgan fingerprint density at radius 3 is 2.15 bits per heavy atom. The molecule has 112 valence electrons. The number of carbonyl (C=O) groups excluding carboxylic acids is 3. The van der Waals surface area contributed by atoms with Crippen LogP contribution in [0.5, 0.6) is 0 Å². The Morgan fingerprint density at radius 1 is 1.10 bits per heavy atom. The Labute approximate surface area is 118 Å². The Balaban J connectivity index is 2.64. The summed E-state index contributed by atoms with van der Waals surface area (Å²) in [5, 5.41) is 0. The first-order valence-electron chi connectivity index (χ1n) is 6.66. The summed E-state index contributed by atoms with van der Waals surface area (Å²) < 4.78 is 9.07. The van der Waals surface area contributed by atoms with E-state index < -0.39 is 11.9 Å². The Hall–Kier alpha value is -1.85. The standard InChI is InChI=1S/C14H21NO5/c1-19-13(17)9-15(10-14(18)20-2)12(16)8-11-6-4-3-5-7-11/h6H,3-5,7-10H2,1-2H3. The van der Waals surface area contributed by atoms with Crippen LogP contribution in [0.25, 0.3) is 0 Å². The lowest BCUT2D eigenvalue weighted by Crippen LogP contribution is -2.40. The molecule has 0 heterocycles. The first-order chi connectivity index (χ1) is 9.56. The van der Waals surface area contributed by atoms with Gasteiger partial charge in [-0.1, -0.05) is 11.6 Å². The highest BCUT2D eigenvalue weighted by atomic mass is 16.5. The van der Waals surface area contributed by atoms with Gasteiger partial charge in [-0.25, -0.2) is 0 Å². The van der Waals surface area contributed by atoms with Gasteiger partial charge in [-0.15, -0.1) is 0 Å². The second kappa shape index (κ2) is 8.35. The fourth-order valence-corrected chi connectivity index (χ4v) is 2.04. The average Bonchev–Trinajstić information content (AvgIpc) is 2.47. The van der Waals surface area contributed by atoms with E-state index in [2.05, 4.69) is 15.5 Å². The number of amides is 1.